The minimum atomic E-state index is 0.905. The van der Waals surface area contributed by atoms with Gasteiger partial charge in [0.25, 0.3) is 0 Å². The number of allylic oxidation sites excluding steroid dienone is 1. The van der Waals surface area contributed by atoms with E-state index in [-0.39, 0.29) is 0 Å². The number of unbranched alkanes of at least 4 members (excludes halogenated alkanes) is 5. The van der Waals surface area contributed by atoms with E-state index in [1.807, 2.05) is 0 Å². The normalized spacial score (nSPS) is 8.08. The quantitative estimate of drug-likeness (QED) is 0.347. The van der Waals surface area contributed by atoms with Crippen LogP contribution < -0.4 is 0 Å². The van der Waals surface area contributed by atoms with Crippen LogP contribution in [0.1, 0.15) is 45.4 Å². The molecule has 0 heterocycles. The van der Waals surface area contributed by atoms with Crippen LogP contribution in [-0.2, 0) is 4.79 Å². The molecule has 0 saturated carbocycles. The third-order valence-electron chi connectivity index (χ3n) is 1.64. The minimum Gasteiger partial charge on any atom is -0.233 e. The molecular weight excluding hydrogens is 148 g/mol. The Bertz CT molecular complexity index is 189. The molecule has 1 heteroatoms. The van der Waals surface area contributed by atoms with E-state index in [2.05, 4.69) is 18.8 Å². The predicted molar refractivity (Wildman–Crippen MR) is 51.4 cm³/mol. The van der Waals surface area contributed by atoms with Crippen molar-refractivity contribution in [2.75, 3.05) is 0 Å². The molecule has 0 fully saturated rings. The molecule has 66 valence electrons. The lowest BCUT2D eigenvalue weighted by Gasteiger charge is -1.93. The molecule has 0 rings (SSSR count). The molecule has 0 amide bonds. The Balaban J connectivity index is 3.11. The zero-order valence-corrected chi connectivity index (χ0v) is 7.73. The lowest BCUT2D eigenvalue weighted by molar-refractivity contribution is 0.569. The largest absolute Gasteiger partial charge is 0.233 e. The molecule has 0 aliphatic rings. The van der Waals surface area contributed by atoms with Crippen LogP contribution in [0.5, 0.6) is 0 Å². The van der Waals surface area contributed by atoms with Gasteiger partial charge in [0.1, 0.15) is 5.94 Å². The van der Waals surface area contributed by atoms with Gasteiger partial charge in [0.05, 0.1) is 6.08 Å². The number of rotatable bonds is 5. The molecule has 0 radical (unpaired) electrons. The van der Waals surface area contributed by atoms with Gasteiger partial charge < -0.3 is 0 Å². The van der Waals surface area contributed by atoms with Gasteiger partial charge in [-0.3, -0.25) is 0 Å². The van der Waals surface area contributed by atoms with Crippen molar-refractivity contribution in [1.29, 1.82) is 0 Å². The summed E-state index contributed by atoms with van der Waals surface area (Å²) in [5, 5.41) is 0. The molecule has 0 aromatic heterocycles. The molecule has 0 aliphatic carbocycles. The zero-order chi connectivity index (χ0) is 9.07. The van der Waals surface area contributed by atoms with Crippen LogP contribution >= 0.6 is 0 Å². The summed E-state index contributed by atoms with van der Waals surface area (Å²) in [6.45, 7) is 2.20. The molecule has 12 heavy (non-hydrogen) atoms. The van der Waals surface area contributed by atoms with Crippen LogP contribution in [-0.4, -0.2) is 5.94 Å². The molecule has 0 unspecified atom stereocenters. The molecule has 0 aliphatic heterocycles. The maximum atomic E-state index is 9.70. The van der Waals surface area contributed by atoms with Gasteiger partial charge in [-0.15, -0.1) is 0 Å². The highest BCUT2D eigenvalue weighted by atomic mass is 16.1. The molecule has 0 spiro atoms. The van der Waals surface area contributed by atoms with Crippen molar-refractivity contribution in [1.82, 2.24) is 0 Å². The van der Waals surface area contributed by atoms with E-state index >= 15 is 0 Å². The van der Waals surface area contributed by atoms with E-state index in [1.165, 1.54) is 31.8 Å². The fourth-order valence-corrected chi connectivity index (χ4v) is 0.970. The van der Waals surface area contributed by atoms with Gasteiger partial charge >= 0.3 is 0 Å². The van der Waals surface area contributed by atoms with E-state index in [0.717, 1.165) is 12.8 Å². The van der Waals surface area contributed by atoms with Gasteiger partial charge in [0.15, 0.2) is 0 Å². The highest BCUT2D eigenvalue weighted by Crippen LogP contribution is 2.03. The second-order valence-electron chi connectivity index (χ2n) is 2.75. The standard InChI is InChI=1S/C11H16O/c1-2-3-4-5-6-7-8-9-10-11-12/h10H,2-7H2,1H3. The zero-order valence-electron chi connectivity index (χ0n) is 7.73. The van der Waals surface area contributed by atoms with Gasteiger partial charge in [-0.05, 0) is 6.42 Å². The molecule has 0 aromatic carbocycles. The van der Waals surface area contributed by atoms with Crippen LogP contribution in [0.4, 0.5) is 0 Å². The third-order valence-corrected chi connectivity index (χ3v) is 1.64. The summed E-state index contributed by atoms with van der Waals surface area (Å²) in [5.41, 5.74) is 0. The second-order valence-corrected chi connectivity index (χ2v) is 2.75. The van der Waals surface area contributed by atoms with E-state index in [4.69, 9.17) is 0 Å². The summed E-state index contributed by atoms with van der Waals surface area (Å²) < 4.78 is 0. The molecule has 0 saturated heterocycles. The number of hydrogen-bond donors (Lipinski definition) is 0. The number of carbonyl (C=O) groups excluding carboxylic acids is 1. The fraction of sp³-hybridized carbons (Fsp3) is 0.636. The van der Waals surface area contributed by atoms with Crippen molar-refractivity contribution in [3.8, 4) is 11.8 Å². The lowest BCUT2D eigenvalue weighted by atomic mass is 10.1. The number of hydrogen-bond acceptors (Lipinski definition) is 1. The van der Waals surface area contributed by atoms with Crippen molar-refractivity contribution in [2.45, 2.75) is 45.4 Å². The van der Waals surface area contributed by atoms with Gasteiger partial charge in [-0.2, -0.15) is 0 Å². The van der Waals surface area contributed by atoms with Crippen molar-refractivity contribution in [3.63, 3.8) is 0 Å². The topological polar surface area (TPSA) is 17.1 Å². The summed E-state index contributed by atoms with van der Waals surface area (Å²) in [6, 6.07) is 0. The van der Waals surface area contributed by atoms with E-state index in [1.54, 1.807) is 5.94 Å². The molecule has 0 bridgehead atoms. The van der Waals surface area contributed by atoms with Crippen molar-refractivity contribution >= 4 is 5.94 Å². The summed E-state index contributed by atoms with van der Waals surface area (Å²) in [7, 11) is 0. The molecule has 0 atom stereocenters. The van der Waals surface area contributed by atoms with Crippen molar-refractivity contribution < 1.29 is 4.79 Å². The molecule has 0 aromatic rings. The Labute approximate surface area is 74.9 Å². The van der Waals surface area contributed by atoms with E-state index in [9.17, 15) is 4.79 Å². The second kappa shape index (κ2) is 10.0. The van der Waals surface area contributed by atoms with Gasteiger partial charge in [0.2, 0.25) is 0 Å². The fourth-order valence-electron chi connectivity index (χ4n) is 0.970. The van der Waals surface area contributed by atoms with Gasteiger partial charge in [-0.25, -0.2) is 4.79 Å². The van der Waals surface area contributed by atoms with Crippen molar-refractivity contribution in [3.05, 3.63) is 6.08 Å². The highest BCUT2D eigenvalue weighted by molar-refractivity contribution is 5.51. The average molecular weight is 164 g/mol. The maximum Gasteiger partial charge on any atom is 0.133 e. The highest BCUT2D eigenvalue weighted by Gasteiger charge is 1.85. The molecule has 1 nitrogen and oxygen atoms in total. The van der Waals surface area contributed by atoms with Crippen molar-refractivity contribution in [2.24, 2.45) is 0 Å². The smallest absolute Gasteiger partial charge is 0.133 e. The first kappa shape index (κ1) is 11.0. The van der Waals surface area contributed by atoms with Crippen LogP contribution in [0.3, 0.4) is 0 Å². The average Bonchev–Trinajstić information content (AvgIpc) is 2.10. The first-order valence-corrected chi connectivity index (χ1v) is 4.59. The summed E-state index contributed by atoms with van der Waals surface area (Å²) in [5.74, 6) is 7.15. The predicted octanol–water partition coefficient (Wildman–Crippen LogP) is 2.74. The Kier molecular flexibility index (Phi) is 9.18. The molecular formula is C11H16O. The van der Waals surface area contributed by atoms with Gasteiger partial charge in [0, 0.05) is 6.42 Å². The third kappa shape index (κ3) is 9.01. The van der Waals surface area contributed by atoms with Crippen LogP contribution in [0.25, 0.3) is 0 Å². The maximum absolute atomic E-state index is 9.70. The summed E-state index contributed by atoms with van der Waals surface area (Å²) >= 11 is 0. The Morgan fingerprint density at radius 1 is 1.17 bits per heavy atom. The SMILES string of the molecule is CCCCCCCC#CC=C=O. The minimum absolute atomic E-state index is 0.905. The first-order valence-electron chi connectivity index (χ1n) is 4.59. The van der Waals surface area contributed by atoms with E-state index < -0.39 is 0 Å². The molecule has 0 N–H and O–H groups in total. The Morgan fingerprint density at radius 3 is 2.58 bits per heavy atom. The first-order chi connectivity index (χ1) is 5.91. The lowest BCUT2D eigenvalue weighted by Crippen LogP contribution is -1.75. The summed E-state index contributed by atoms with van der Waals surface area (Å²) in [6.07, 6.45) is 8.45. The van der Waals surface area contributed by atoms with E-state index in [0.29, 0.717) is 0 Å². The monoisotopic (exact) mass is 164 g/mol. The van der Waals surface area contributed by atoms with Crippen LogP contribution in [0.2, 0.25) is 0 Å². The van der Waals surface area contributed by atoms with Gasteiger partial charge in [-0.1, -0.05) is 44.4 Å². The van der Waals surface area contributed by atoms with Crippen LogP contribution in [0.15, 0.2) is 6.08 Å². The Hall–Kier alpha value is -0.990. The summed E-state index contributed by atoms with van der Waals surface area (Å²) in [4.78, 5) is 9.70. The Morgan fingerprint density at radius 2 is 1.92 bits per heavy atom. The van der Waals surface area contributed by atoms with Crippen LogP contribution in [0, 0.1) is 11.8 Å².